The Kier molecular flexibility index (Phi) is 3.18. The molecule has 0 aliphatic heterocycles. The van der Waals surface area contributed by atoms with E-state index < -0.39 is 11.6 Å². The first-order chi connectivity index (χ1) is 9.18. The first kappa shape index (κ1) is 12.5. The van der Waals surface area contributed by atoms with Crippen LogP contribution in [0.5, 0.6) is 0 Å². The summed E-state index contributed by atoms with van der Waals surface area (Å²) in [5.74, 6) is -0.954. The monoisotopic (exact) mass is 367 g/mol. The van der Waals surface area contributed by atoms with Crippen LogP contribution in [0.4, 0.5) is 8.78 Å². The third-order valence-corrected chi connectivity index (χ3v) is 3.96. The van der Waals surface area contributed by atoms with E-state index in [0.717, 1.165) is 5.39 Å². The molecule has 0 aliphatic carbocycles. The molecule has 2 aromatic carbocycles. The zero-order valence-corrected chi connectivity index (χ0v) is 11.9. The van der Waals surface area contributed by atoms with Crippen LogP contribution >= 0.6 is 22.6 Å². The quantitative estimate of drug-likeness (QED) is 0.564. The van der Waals surface area contributed by atoms with Crippen LogP contribution in [-0.4, -0.2) is 4.98 Å². The lowest BCUT2D eigenvalue weighted by Crippen LogP contribution is -1.97. The maximum atomic E-state index is 14.4. The topological polar surface area (TPSA) is 12.9 Å². The minimum atomic E-state index is -0.482. The number of nitrogens with zero attached hydrogens (tertiary/aromatic N) is 1. The van der Waals surface area contributed by atoms with Crippen molar-refractivity contribution in [3.8, 4) is 11.3 Å². The van der Waals surface area contributed by atoms with Crippen LogP contribution in [0.15, 0.2) is 48.5 Å². The van der Waals surface area contributed by atoms with Gasteiger partial charge in [0, 0.05) is 10.9 Å². The summed E-state index contributed by atoms with van der Waals surface area (Å²) in [6.07, 6.45) is 0. The van der Waals surface area contributed by atoms with E-state index in [2.05, 4.69) is 4.98 Å². The zero-order chi connectivity index (χ0) is 13.4. The van der Waals surface area contributed by atoms with Crippen LogP contribution in [-0.2, 0) is 0 Å². The summed E-state index contributed by atoms with van der Waals surface area (Å²) in [5.41, 5.74) is 0.899. The largest absolute Gasteiger partial charge is 0.245 e. The number of fused-ring (bicyclic) bond motifs is 1. The summed E-state index contributed by atoms with van der Waals surface area (Å²) in [4.78, 5) is 4.25. The van der Waals surface area contributed by atoms with Crippen molar-refractivity contribution < 1.29 is 8.78 Å². The molecule has 0 bridgehead atoms. The van der Waals surface area contributed by atoms with E-state index in [0.29, 0.717) is 9.09 Å². The summed E-state index contributed by atoms with van der Waals surface area (Å²) in [7, 11) is 0. The molecule has 0 fully saturated rings. The van der Waals surface area contributed by atoms with E-state index in [9.17, 15) is 8.78 Å². The van der Waals surface area contributed by atoms with E-state index in [-0.39, 0.29) is 11.3 Å². The first-order valence-electron chi connectivity index (χ1n) is 5.67. The normalized spacial score (nSPS) is 10.9. The molecule has 0 aliphatic rings. The van der Waals surface area contributed by atoms with Crippen LogP contribution in [0, 0.1) is 15.2 Å². The number of aromatic nitrogens is 1. The van der Waals surface area contributed by atoms with Crippen molar-refractivity contribution in [3.63, 3.8) is 0 Å². The average molecular weight is 367 g/mol. The summed E-state index contributed by atoms with van der Waals surface area (Å²) >= 11 is 1.93. The molecule has 3 rings (SSSR count). The number of hydrogen-bond acceptors (Lipinski definition) is 1. The highest BCUT2D eigenvalue weighted by Gasteiger charge is 2.16. The summed E-state index contributed by atoms with van der Waals surface area (Å²) < 4.78 is 28.6. The summed E-state index contributed by atoms with van der Waals surface area (Å²) in [5, 5.41) is 0.737. The van der Waals surface area contributed by atoms with Gasteiger partial charge in [-0.05, 0) is 40.8 Å². The lowest BCUT2D eigenvalue weighted by Gasteiger charge is -2.08. The maximum absolute atomic E-state index is 14.4. The molecule has 0 radical (unpaired) electrons. The molecule has 94 valence electrons. The zero-order valence-electron chi connectivity index (χ0n) is 9.70. The van der Waals surface area contributed by atoms with Gasteiger partial charge in [-0.2, -0.15) is 0 Å². The second-order valence-corrected chi connectivity index (χ2v) is 5.16. The Bertz CT molecular complexity index is 771. The van der Waals surface area contributed by atoms with Gasteiger partial charge in [0.25, 0.3) is 0 Å². The Morgan fingerprint density at radius 1 is 0.895 bits per heavy atom. The van der Waals surface area contributed by atoms with Crippen molar-refractivity contribution in [2.24, 2.45) is 0 Å². The second kappa shape index (κ2) is 4.85. The van der Waals surface area contributed by atoms with Crippen LogP contribution in [0.1, 0.15) is 0 Å². The summed E-state index contributed by atoms with van der Waals surface area (Å²) in [6, 6.07) is 13.3. The van der Waals surface area contributed by atoms with Gasteiger partial charge in [0.15, 0.2) is 5.82 Å². The highest BCUT2D eigenvalue weighted by atomic mass is 127. The number of rotatable bonds is 1. The minimum Gasteiger partial charge on any atom is -0.245 e. The molecule has 0 atom stereocenters. The molecule has 0 spiro atoms. The van der Waals surface area contributed by atoms with Crippen molar-refractivity contribution in [2.45, 2.75) is 0 Å². The van der Waals surface area contributed by atoms with Crippen LogP contribution in [0.3, 0.4) is 0 Å². The Morgan fingerprint density at radius 3 is 2.37 bits per heavy atom. The van der Waals surface area contributed by atoms with Gasteiger partial charge in [-0.15, -0.1) is 0 Å². The van der Waals surface area contributed by atoms with Gasteiger partial charge < -0.3 is 0 Å². The standard InChI is InChI=1S/C15H8F2IN/c16-11-7-3-1-5-9(11)15-13(17)14(18)10-6-2-4-8-12(10)19-15/h1-8H. The van der Waals surface area contributed by atoms with Crippen molar-refractivity contribution in [2.75, 3.05) is 0 Å². The van der Waals surface area contributed by atoms with E-state index in [4.69, 9.17) is 0 Å². The van der Waals surface area contributed by atoms with Gasteiger partial charge in [-0.3, -0.25) is 0 Å². The molecule has 0 N–H and O–H groups in total. The fourth-order valence-corrected chi connectivity index (χ4v) is 2.69. The van der Waals surface area contributed by atoms with Gasteiger partial charge >= 0.3 is 0 Å². The number of halogens is 3. The minimum absolute atomic E-state index is 0.0567. The first-order valence-corrected chi connectivity index (χ1v) is 6.75. The predicted molar refractivity (Wildman–Crippen MR) is 79.8 cm³/mol. The molecular formula is C15H8F2IN. The number of benzene rings is 2. The molecule has 0 amide bonds. The maximum Gasteiger partial charge on any atom is 0.163 e. The van der Waals surface area contributed by atoms with E-state index in [1.807, 2.05) is 34.7 Å². The molecule has 0 saturated carbocycles. The lowest BCUT2D eigenvalue weighted by atomic mass is 10.1. The fourth-order valence-electron chi connectivity index (χ4n) is 1.98. The van der Waals surface area contributed by atoms with Crippen molar-refractivity contribution >= 4 is 33.5 Å². The molecule has 1 nitrogen and oxygen atoms in total. The lowest BCUT2D eigenvalue weighted by molar-refractivity contribution is 0.609. The Hall–Kier alpha value is -1.56. The second-order valence-electron chi connectivity index (χ2n) is 4.09. The highest BCUT2D eigenvalue weighted by Crippen LogP contribution is 2.30. The van der Waals surface area contributed by atoms with Crippen LogP contribution < -0.4 is 0 Å². The van der Waals surface area contributed by atoms with E-state index in [1.165, 1.54) is 12.1 Å². The molecule has 0 unspecified atom stereocenters. The van der Waals surface area contributed by atoms with Crippen molar-refractivity contribution in [3.05, 3.63) is 63.7 Å². The highest BCUT2D eigenvalue weighted by molar-refractivity contribution is 14.1. The Balaban J connectivity index is 2.37. The number of hydrogen-bond donors (Lipinski definition) is 0. The van der Waals surface area contributed by atoms with E-state index in [1.54, 1.807) is 24.3 Å². The van der Waals surface area contributed by atoms with Crippen LogP contribution in [0.2, 0.25) is 0 Å². The van der Waals surface area contributed by atoms with Gasteiger partial charge in [0.2, 0.25) is 0 Å². The molecule has 1 heterocycles. The third-order valence-electron chi connectivity index (χ3n) is 2.90. The molecule has 4 heteroatoms. The fraction of sp³-hybridized carbons (Fsp3) is 0. The molecule has 1 aromatic heterocycles. The number of para-hydroxylation sites is 1. The molecular weight excluding hydrogens is 359 g/mol. The number of pyridine rings is 1. The average Bonchev–Trinajstić information content (AvgIpc) is 2.44. The van der Waals surface area contributed by atoms with Crippen molar-refractivity contribution in [1.29, 1.82) is 0 Å². The van der Waals surface area contributed by atoms with Gasteiger partial charge in [-0.1, -0.05) is 30.3 Å². The summed E-state index contributed by atoms with van der Waals surface area (Å²) in [6.45, 7) is 0. The van der Waals surface area contributed by atoms with Crippen LogP contribution in [0.25, 0.3) is 22.2 Å². The smallest absolute Gasteiger partial charge is 0.163 e. The molecule has 0 saturated heterocycles. The van der Waals surface area contributed by atoms with Crippen molar-refractivity contribution in [1.82, 2.24) is 4.98 Å². The van der Waals surface area contributed by atoms with Gasteiger partial charge in [0.1, 0.15) is 11.5 Å². The Labute approximate surface area is 122 Å². The Morgan fingerprint density at radius 2 is 1.58 bits per heavy atom. The van der Waals surface area contributed by atoms with Gasteiger partial charge in [-0.25, -0.2) is 13.8 Å². The van der Waals surface area contributed by atoms with E-state index >= 15 is 0 Å². The molecule has 3 aromatic rings. The molecule has 19 heavy (non-hydrogen) atoms. The SMILES string of the molecule is Fc1ccccc1-c1nc2ccccc2c(I)c1F. The predicted octanol–water partition coefficient (Wildman–Crippen LogP) is 4.78. The third kappa shape index (κ3) is 2.10. The van der Waals surface area contributed by atoms with Gasteiger partial charge in [0.05, 0.1) is 9.09 Å².